The number of nitrogens with one attached hydrogen (secondary N) is 1. The highest BCUT2D eigenvalue weighted by Gasteiger charge is 2.57. The minimum absolute atomic E-state index is 0.145. The fourth-order valence-electron chi connectivity index (χ4n) is 5.37. The van der Waals surface area contributed by atoms with Gasteiger partial charge in [-0.05, 0) is 44.1 Å². The van der Waals surface area contributed by atoms with Gasteiger partial charge >= 0.3 is 0 Å². The van der Waals surface area contributed by atoms with Crippen LogP contribution in [0.15, 0.2) is 34.9 Å². The van der Waals surface area contributed by atoms with Gasteiger partial charge in [0.15, 0.2) is 5.82 Å². The molecule has 2 aliphatic carbocycles. The van der Waals surface area contributed by atoms with Gasteiger partial charge in [-0.2, -0.15) is 4.98 Å². The second kappa shape index (κ2) is 6.99. The molecule has 2 aromatic rings. The van der Waals surface area contributed by atoms with Crippen LogP contribution in [0.25, 0.3) is 0 Å². The van der Waals surface area contributed by atoms with Crippen molar-refractivity contribution in [1.29, 1.82) is 0 Å². The lowest BCUT2D eigenvalue weighted by molar-refractivity contribution is -0.128. The standard InChI is InChI=1S/C22H28N4O2/c1-15-23-21(28-25-15)22-11-19(24-20(27)17-8-5-9-17)10-18(22)13-26(14-22)12-16-6-3-2-4-7-16/h2-4,6-7,17-19H,5,8-14H2,1H3,(H,24,27)/t18-,19+,22-/m0/s1. The van der Waals surface area contributed by atoms with Crippen molar-refractivity contribution in [1.82, 2.24) is 20.4 Å². The van der Waals surface area contributed by atoms with Crippen LogP contribution in [0.1, 0.15) is 49.4 Å². The van der Waals surface area contributed by atoms with Crippen LogP contribution in [-0.2, 0) is 16.8 Å². The Hall–Kier alpha value is -2.21. The predicted octanol–water partition coefficient (Wildman–Crippen LogP) is 2.83. The molecule has 1 saturated heterocycles. The first kappa shape index (κ1) is 17.9. The number of nitrogens with zero attached hydrogens (tertiary/aromatic N) is 3. The number of aromatic nitrogens is 2. The lowest BCUT2D eigenvalue weighted by Gasteiger charge is -2.28. The zero-order valence-electron chi connectivity index (χ0n) is 16.4. The lowest BCUT2D eigenvalue weighted by atomic mass is 9.80. The second-order valence-electron chi connectivity index (χ2n) is 8.93. The van der Waals surface area contributed by atoms with E-state index >= 15 is 0 Å². The maximum Gasteiger partial charge on any atom is 0.234 e. The first-order chi connectivity index (χ1) is 13.6. The predicted molar refractivity (Wildman–Crippen MR) is 104 cm³/mol. The molecule has 3 atom stereocenters. The number of likely N-dealkylation sites (tertiary alicyclic amines) is 1. The molecule has 1 N–H and O–H groups in total. The molecule has 1 aliphatic heterocycles. The van der Waals surface area contributed by atoms with Crippen LogP contribution < -0.4 is 5.32 Å². The Balaban J connectivity index is 1.34. The molecule has 3 aliphatic rings. The van der Waals surface area contributed by atoms with Crippen LogP contribution in [0.2, 0.25) is 0 Å². The van der Waals surface area contributed by atoms with Crippen LogP contribution >= 0.6 is 0 Å². The summed E-state index contributed by atoms with van der Waals surface area (Å²) in [5, 5.41) is 7.40. The first-order valence-electron chi connectivity index (χ1n) is 10.5. The lowest BCUT2D eigenvalue weighted by Crippen LogP contribution is -2.42. The number of rotatable bonds is 5. The number of aryl methyl sites for hydroxylation is 1. The highest BCUT2D eigenvalue weighted by molar-refractivity contribution is 5.79. The van der Waals surface area contributed by atoms with E-state index < -0.39 is 0 Å². The molecule has 0 unspecified atom stereocenters. The molecule has 0 spiro atoms. The Bertz CT molecular complexity index is 847. The number of carbonyl (C=O) groups excluding carboxylic acids is 1. The summed E-state index contributed by atoms with van der Waals surface area (Å²) < 4.78 is 5.68. The van der Waals surface area contributed by atoms with Crippen molar-refractivity contribution in [2.24, 2.45) is 11.8 Å². The van der Waals surface area contributed by atoms with Crippen molar-refractivity contribution >= 4 is 5.91 Å². The molecule has 2 heterocycles. The Morgan fingerprint density at radius 1 is 1.32 bits per heavy atom. The third-order valence-electron chi connectivity index (χ3n) is 6.97. The van der Waals surface area contributed by atoms with E-state index in [4.69, 9.17) is 4.52 Å². The SMILES string of the molecule is Cc1noc([C@]23C[C@H](NC(=O)C4CCC4)C[C@H]2CN(Cc2ccccc2)C3)n1. The first-order valence-corrected chi connectivity index (χ1v) is 10.5. The third kappa shape index (κ3) is 3.13. The number of carbonyl (C=O) groups is 1. The Labute approximate surface area is 165 Å². The maximum absolute atomic E-state index is 12.5. The number of fused-ring (bicyclic) bond motifs is 1. The van der Waals surface area contributed by atoms with Crippen LogP contribution in [0.5, 0.6) is 0 Å². The van der Waals surface area contributed by atoms with Gasteiger partial charge in [-0.3, -0.25) is 9.69 Å². The van der Waals surface area contributed by atoms with E-state index in [1.54, 1.807) is 0 Å². The van der Waals surface area contributed by atoms with E-state index in [0.717, 1.165) is 51.2 Å². The fourth-order valence-corrected chi connectivity index (χ4v) is 5.37. The molecule has 6 heteroatoms. The van der Waals surface area contributed by atoms with Gasteiger partial charge in [-0.1, -0.05) is 41.9 Å². The van der Waals surface area contributed by atoms with Crippen LogP contribution in [0.3, 0.4) is 0 Å². The zero-order valence-corrected chi connectivity index (χ0v) is 16.4. The molecule has 0 bridgehead atoms. The smallest absolute Gasteiger partial charge is 0.234 e. The van der Waals surface area contributed by atoms with E-state index in [1.807, 2.05) is 6.92 Å². The highest BCUT2D eigenvalue weighted by Crippen LogP contribution is 2.50. The van der Waals surface area contributed by atoms with Gasteiger partial charge in [-0.15, -0.1) is 0 Å². The van der Waals surface area contributed by atoms with Gasteiger partial charge in [0.05, 0.1) is 5.41 Å². The van der Waals surface area contributed by atoms with E-state index in [-0.39, 0.29) is 23.3 Å². The van der Waals surface area contributed by atoms with Crippen LogP contribution in [-0.4, -0.2) is 40.1 Å². The van der Waals surface area contributed by atoms with Crippen molar-refractivity contribution in [3.63, 3.8) is 0 Å². The van der Waals surface area contributed by atoms with Crippen LogP contribution in [0, 0.1) is 18.8 Å². The second-order valence-corrected chi connectivity index (χ2v) is 8.93. The molecule has 2 saturated carbocycles. The van der Waals surface area contributed by atoms with E-state index in [1.165, 1.54) is 12.0 Å². The van der Waals surface area contributed by atoms with Gasteiger partial charge in [0.1, 0.15) is 0 Å². The number of hydrogen-bond acceptors (Lipinski definition) is 5. The summed E-state index contributed by atoms with van der Waals surface area (Å²) in [5.41, 5.74) is 1.18. The summed E-state index contributed by atoms with van der Waals surface area (Å²) >= 11 is 0. The van der Waals surface area contributed by atoms with Crippen molar-refractivity contribution < 1.29 is 9.32 Å². The summed E-state index contributed by atoms with van der Waals surface area (Å²) in [6.07, 6.45) is 5.15. The molecule has 5 rings (SSSR count). The number of hydrogen-bond donors (Lipinski definition) is 1. The molecular formula is C22H28N4O2. The van der Waals surface area contributed by atoms with Gasteiger partial charge in [0.2, 0.25) is 11.8 Å². The molecule has 0 radical (unpaired) electrons. The van der Waals surface area contributed by atoms with Gasteiger partial charge in [-0.25, -0.2) is 0 Å². The normalized spacial score (nSPS) is 30.2. The van der Waals surface area contributed by atoms with Gasteiger partial charge in [0, 0.05) is 31.6 Å². The Morgan fingerprint density at radius 3 is 2.82 bits per heavy atom. The third-order valence-corrected chi connectivity index (χ3v) is 6.97. The minimum Gasteiger partial charge on any atom is -0.353 e. The van der Waals surface area contributed by atoms with E-state index in [9.17, 15) is 4.79 Å². The van der Waals surface area contributed by atoms with Crippen molar-refractivity contribution in [3.8, 4) is 0 Å². The summed E-state index contributed by atoms with van der Waals surface area (Å²) in [5.74, 6) is 2.35. The van der Waals surface area contributed by atoms with E-state index in [0.29, 0.717) is 11.7 Å². The van der Waals surface area contributed by atoms with Gasteiger partial charge in [0.25, 0.3) is 0 Å². The fraction of sp³-hybridized carbons (Fsp3) is 0.591. The monoisotopic (exact) mass is 380 g/mol. The summed E-state index contributed by atoms with van der Waals surface area (Å²) in [7, 11) is 0. The topological polar surface area (TPSA) is 71.3 Å². The van der Waals surface area contributed by atoms with Crippen molar-refractivity contribution in [2.45, 2.75) is 57.0 Å². The molecule has 28 heavy (non-hydrogen) atoms. The minimum atomic E-state index is -0.145. The molecule has 1 aromatic heterocycles. The Kier molecular flexibility index (Phi) is 4.46. The molecule has 3 fully saturated rings. The molecule has 6 nitrogen and oxygen atoms in total. The summed E-state index contributed by atoms with van der Waals surface area (Å²) in [6, 6.07) is 10.8. The van der Waals surface area contributed by atoms with Crippen LogP contribution in [0.4, 0.5) is 0 Å². The van der Waals surface area contributed by atoms with Gasteiger partial charge < -0.3 is 9.84 Å². The average Bonchev–Trinajstić information content (AvgIpc) is 3.27. The summed E-state index contributed by atoms with van der Waals surface area (Å²) in [4.78, 5) is 19.6. The molecule has 1 aromatic carbocycles. The molecule has 148 valence electrons. The van der Waals surface area contributed by atoms with E-state index in [2.05, 4.69) is 50.7 Å². The number of benzene rings is 1. The quantitative estimate of drug-likeness (QED) is 0.864. The zero-order chi connectivity index (χ0) is 19.1. The molecular weight excluding hydrogens is 352 g/mol. The molecule has 1 amide bonds. The summed E-state index contributed by atoms with van der Waals surface area (Å²) in [6.45, 7) is 4.72. The highest BCUT2D eigenvalue weighted by atomic mass is 16.5. The van der Waals surface area contributed by atoms with Crippen molar-refractivity contribution in [3.05, 3.63) is 47.6 Å². The largest absolute Gasteiger partial charge is 0.353 e. The Morgan fingerprint density at radius 2 is 2.14 bits per heavy atom. The number of amides is 1. The average molecular weight is 380 g/mol. The van der Waals surface area contributed by atoms with Crippen molar-refractivity contribution in [2.75, 3.05) is 13.1 Å². The maximum atomic E-state index is 12.5.